The topological polar surface area (TPSA) is 196 Å². The van der Waals surface area contributed by atoms with Crippen LogP contribution in [0.1, 0.15) is 0 Å². The van der Waals surface area contributed by atoms with Gasteiger partial charge in [-0.3, -0.25) is 0 Å². The predicted molar refractivity (Wildman–Crippen MR) is 59.2 cm³/mol. The second-order valence-electron chi connectivity index (χ2n) is 3.07. The molecule has 0 fully saturated rings. The highest BCUT2D eigenvalue weighted by Crippen LogP contribution is 1.91. The van der Waals surface area contributed by atoms with E-state index in [4.69, 9.17) is 40.9 Å². The van der Waals surface area contributed by atoms with Crippen LogP contribution in [0.5, 0.6) is 0 Å². The van der Waals surface area contributed by atoms with Gasteiger partial charge in [-0.25, -0.2) is 9.59 Å². The van der Waals surface area contributed by atoms with Crippen LogP contribution in [0.2, 0.25) is 0 Å². The van der Waals surface area contributed by atoms with E-state index in [-0.39, 0.29) is 23.1 Å². The fraction of sp³-hybridized carbons (Fsp3) is 0.750. The van der Waals surface area contributed by atoms with E-state index in [1.807, 2.05) is 0 Å². The summed E-state index contributed by atoms with van der Waals surface area (Å²) in [6.07, 6.45) is -6.98. The minimum atomic E-state index is -1.89. The molecule has 110 valence electrons. The van der Waals surface area contributed by atoms with Gasteiger partial charge in [0, 0.05) is 23.1 Å². The molecule has 0 heterocycles. The van der Waals surface area contributed by atoms with Gasteiger partial charge in [0.2, 0.25) is 0 Å². The van der Waals surface area contributed by atoms with Crippen LogP contribution in [-0.2, 0) is 9.59 Å². The standard InChI is InChI=1S/2C4H8O5.Mg/c2*5-1-2(6)3(7)4(8)9;/h2*2-3,5-7H,1H2,(H,8,9);/t2*2-,3+;/m00./s1. The maximum absolute atomic E-state index is 9.78. The van der Waals surface area contributed by atoms with Crippen LogP contribution in [0, 0.1) is 0 Å². The number of hydrogen-bond donors (Lipinski definition) is 8. The van der Waals surface area contributed by atoms with Crippen molar-refractivity contribution in [3.63, 3.8) is 0 Å². The zero-order chi connectivity index (χ0) is 14.9. The molecule has 0 unspecified atom stereocenters. The number of carboxylic acid groups (broad SMARTS) is 2. The summed E-state index contributed by atoms with van der Waals surface area (Å²) in [5.41, 5.74) is 0. The lowest BCUT2D eigenvalue weighted by molar-refractivity contribution is -0.155. The van der Waals surface area contributed by atoms with E-state index in [1.165, 1.54) is 0 Å². The van der Waals surface area contributed by atoms with Crippen LogP contribution >= 0.6 is 0 Å². The third kappa shape index (κ3) is 11.0. The average molecular weight is 297 g/mol. The summed E-state index contributed by atoms with van der Waals surface area (Å²) >= 11 is 0. The van der Waals surface area contributed by atoms with Gasteiger partial charge in [0.15, 0.2) is 12.2 Å². The first-order chi connectivity index (χ1) is 8.18. The Kier molecular flexibility index (Phi) is 15.5. The van der Waals surface area contributed by atoms with E-state index in [0.717, 1.165) is 0 Å². The molecule has 0 spiro atoms. The molecule has 0 aliphatic carbocycles. The molecular formula is C8H16MgO10. The summed E-state index contributed by atoms with van der Waals surface area (Å²) in [5.74, 6) is -3.09. The van der Waals surface area contributed by atoms with Gasteiger partial charge in [-0.15, -0.1) is 0 Å². The van der Waals surface area contributed by atoms with Gasteiger partial charge in [0.05, 0.1) is 13.2 Å². The van der Waals surface area contributed by atoms with Crippen molar-refractivity contribution in [2.45, 2.75) is 24.4 Å². The van der Waals surface area contributed by atoms with Gasteiger partial charge in [0.1, 0.15) is 12.2 Å². The molecule has 0 aliphatic heterocycles. The molecule has 2 radical (unpaired) electrons. The Hall–Kier alpha value is -0.534. The van der Waals surface area contributed by atoms with Crippen molar-refractivity contribution < 1.29 is 50.4 Å². The van der Waals surface area contributed by atoms with Crippen LogP contribution in [-0.4, -0.2) is 113 Å². The number of rotatable bonds is 6. The molecule has 0 aromatic carbocycles. The van der Waals surface area contributed by atoms with Gasteiger partial charge in [-0.05, 0) is 0 Å². The smallest absolute Gasteiger partial charge is 0.335 e. The Morgan fingerprint density at radius 3 is 1.00 bits per heavy atom. The lowest BCUT2D eigenvalue weighted by Crippen LogP contribution is -2.36. The molecule has 0 saturated carbocycles. The van der Waals surface area contributed by atoms with E-state index in [2.05, 4.69) is 0 Å². The van der Waals surface area contributed by atoms with Crippen LogP contribution in [0.15, 0.2) is 0 Å². The van der Waals surface area contributed by atoms with Crippen molar-refractivity contribution in [2.75, 3.05) is 13.2 Å². The highest BCUT2D eigenvalue weighted by atomic mass is 24.3. The Labute approximate surface area is 123 Å². The number of aliphatic hydroxyl groups excluding tert-OH is 6. The number of aliphatic carboxylic acids is 2. The zero-order valence-corrected chi connectivity index (χ0v) is 11.2. The number of carbonyl (C=O) groups is 2. The molecular weight excluding hydrogens is 280 g/mol. The van der Waals surface area contributed by atoms with Gasteiger partial charge in [0.25, 0.3) is 0 Å². The summed E-state index contributed by atoms with van der Waals surface area (Å²) in [6, 6.07) is 0. The summed E-state index contributed by atoms with van der Waals surface area (Å²) in [7, 11) is 0. The van der Waals surface area contributed by atoms with E-state index >= 15 is 0 Å². The molecule has 0 aromatic heterocycles. The highest BCUT2D eigenvalue weighted by molar-refractivity contribution is 5.75. The first kappa shape index (κ1) is 23.6. The number of carboxylic acids is 2. The van der Waals surface area contributed by atoms with Gasteiger partial charge < -0.3 is 40.9 Å². The average Bonchev–Trinajstić information content (AvgIpc) is 2.35. The van der Waals surface area contributed by atoms with Crippen molar-refractivity contribution in [3.8, 4) is 0 Å². The lowest BCUT2D eigenvalue weighted by Gasteiger charge is -2.09. The summed E-state index contributed by atoms with van der Waals surface area (Å²) < 4.78 is 0. The monoisotopic (exact) mass is 296 g/mol. The predicted octanol–water partition coefficient (Wildman–Crippen LogP) is -4.81. The number of hydrogen-bond acceptors (Lipinski definition) is 8. The Morgan fingerprint density at radius 1 is 0.737 bits per heavy atom. The minimum Gasteiger partial charge on any atom is -0.479 e. The second kappa shape index (κ2) is 12.5. The summed E-state index contributed by atoms with van der Waals surface area (Å²) in [4.78, 5) is 19.6. The van der Waals surface area contributed by atoms with Gasteiger partial charge in [-0.2, -0.15) is 0 Å². The first-order valence-electron chi connectivity index (χ1n) is 4.58. The molecule has 10 nitrogen and oxygen atoms in total. The normalized spacial score (nSPS) is 15.9. The van der Waals surface area contributed by atoms with Crippen molar-refractivity contribution in [3.05, 3.63) is 0 Å². The largest absolute Gasteiger partial charge is 0.479 e. The molecule has 8 N–H and O–H groups in total. The second-order valence-corrected chi connectivity index (χ2v) is 3.07. The lowest BCUT2D eigenvalue weighted by atomic mass is 10.2. The summed E-state index contributed by atoms with van der Waals surface area (Å²) in [6.45, 7) is -1.51. The Bertz CT molecular complexity index is 234. The van der Waals surface area contributed by atoms with Crippen molar-refractivity contribution in [2.24, 2.45) is 0 Å². The van der Waals surface area contributed by atoms with E-state index in [0.29, 0.717) is 0 Å². The molecule has 0 bridgehead atoms. The fourth-order valence-corrected chi connectivity index (χ4v) is 0.529. The molecule has 0 amide bonds. The third-order valence-corrected chi connectivity index (χ3v) is 1.61. The van der Waals surface area contributed by atoms with Crippen LogP contribution in [0.25, 0.3) is 0 Å². The Morgan fingerprint density at radius 2 is 0.947 bits per heavy atom. The zero-order valence-electron chi connectivity index (χ0n) is 9.82. The van der Waals surface area contributed by atoms with E-state index < -0.39 is 49.6 Å². The maximum atomic E-state index is 9.78. The molecule has 0 aromatic rings. The maximum Gasteiger partial charge on any atom is 0.335 e. The fourth-order valence-electron chi connectivity index (χ4n) is 0.529. The summed E-state index contributed by atoms with van der Waals surface area (Å²) in [5, 5.41) is 65.7. The quantitative estimate of drug-likeness (QED) is 0.220. The van der Waals surface area contributed by atoms with Crippen LogP contribution < -0.4 is 0 Å². The molecule has 0 aliphatic rings. The third-order valence-electron chi connectivity index (χ3n) is 1.61. The highest BCUT2D eigenvalue weighted by Gasteiger charge is 2.22. The van der Waals surface area contributed by atoms with Crippen molar-refractivity contribution in [1.29, 1.82) is 0 Å². The van der Waals surface area contributed by atoms with Gasteiger partial charge in [-0.1, -0.05) is 0 Å². The molecule has 4 atom stereocenters. The number of aliphatic hydroxyl groups is 6. The van der Waals surface area contributed by atoms with E-state index in [1.54, 1.807) is 0 Å². The SMILES string of the molecule is O=C(O)[C@H](O)[C@@H](O)CO.O=C(O)[C@H](O)[C@@H](O)CO.[Mg]. The molecule has 0 rings (SSSR count). The van der Waals surface area contributed by atoms with Crippen LogP contribution in [0.4, 0.5) is 0 Å². The van der Waals surface area contributed by atoms with Crippen molar-refractivity contribution >= 4 is 35.0 Å². The molecule has 0 saturated heterocycles. The first-order valence-corrected chi connectivity index (χ1v) is 4.58. The van der Waals surface area contributed by atoms with Crippen LogP contribution in [0.3, 0.4) is 0 Å². The van der Waals surface area contributed by atoms with E-state index in [9.17, 15) is 9.59 Å². The minimum absolute atomic E-state index is 0. The molecule has 11 heteroatoms. The Balaban J connectivity index is -0.000000256. The molecule has 19 heavy (non-hydrogen) atoms. The van der Waals surface area contributed by atoms with Gasteiger partial charge >= 0.3 is 11.9 Å². The van der Waals surface area contributed by atoms with Crippen molar-refractivity contribution in [1.82, 2.24) is 0 Å².